The Morgan fingerprint density at radius 2 is 1.78 bits per heavy atom. The average molecular weight is 266 g/mol. The summed E-state index contributed by atoms with van der Waals surface area (Å²) in [7, 11) is 0. The molecule has 3 heteroatoms. The number of nitrogens with one attached hydrogen (secondary N) is 1. The minimum absolute atomic E-state index is 0.168. The quantitative estimate of drug-likeness (QED) is 0.895. The van der Waals surface area contributed by atoms with E-state index in [0.29, 0.717) is 16.9 Å². The Morgan fingerprint density at radius 1 is 1.22 bits per heavy atom. The first-order valence-electron chi connectivity index (χ1n) is 6.75. The minimum Gasteiger partial charge on any atom is -0.307 e. The maximum atomic E-state index is 4.73. The second-order valence-electron chi connectivity index (χ2n) is 7.65. The third kappa shape index (κ3) is 2.23. The number of aromatic nitrogens is 1. The molecule has 0 aromatic carbocycles. The SMILES string of the molecule is CC(C)(C)c1nc(CNC2C(C)(C)C2(C)C)cs1. The third-order valence-electron chi connectivity index (χ3n) is 4.70. The maximum absolute atomic E-state index is 4.73. The lowest BCUT2D eigenvalue weighted by molar-refractivity contribution is 0.457. The fraction of sp³-hybridized carbons (Fsp3) is 0.800. The van der Waals surface area contributed by atoms with E-state index in [-0.39, 0.29) is 5.41 Å². The molecule has 1 aromatic rings. The molecule has 0 radical (unpaired) electrons. The second-order valence-corrected chi connectivity index (χ2v) is 8.51. The van der Waals surface area contributed by atoms with Crippen LogP contribution in [-0.2, 0) is 12.0 Å². The first-order chi connectivity index (χ1) is 8.07. The van der Waals surface area contributed by atoms with Crippen LogP contribution in [-0.4, -0.2) is 11.0 Å². The predicted molar refractivity (Wildman–Crippen MR) is 79.0 cm³/mol. The molecule has 0 amide bonds. The zero-order valence-electron chi connectivity index (χ0n) is 12.7. The molecular formula is C15H26N2S. The van der Waals surface area contributed by atoms with E-state index in [0.717, 1.165) is 6.54 Å². The van der Waals surface area contributed by atoms with Crippen molar-refractivity contribution < 1.29 is 0 Å². The van der Waals surface area contributed by atoms with E-state index in [4.69, 9.17) is 4.98 Å². The van der Waals surface area contributed by atoms with Crippen LogP contribution in [0.15, 0.2) is 5.38 Å². The zero-order chi connectivity index (χ0) is 13.8. The monoisotopic (exact) mass is 266 g/mol. The van der Waals surface area contributed by atoms with Gasteiger partial charge >= 0.3 is 0 Å². The highest BCUT2D eigenvalue weighted by Crippen LogP contribution is 2.62. The highest BCUT2D eigenvalue weighted by atomic mass is 32.1. The Morgan fingerprint density at radius 3 is 2.17 bits per heavy atom. The lowest BCUT2D eigenvalue weighted by atomic mass is 9.98. The molecule has 0 unspecified atom stereocenters. The van der Waals surface area contributed by atoms with Gasteiger partial charge in [0.15, 0.2) is 0 Å². The molecule has 0 saturated heterocycles. The van der Waals surface area contributed by atoms with Crippen molar-refractivity contribution in [1.29, 1.82) is 0 Å². The van der Waals surface area contributed by atoms with Crippen molar-refractivity contribution >= 4 is 11.3 Å². The Balaban J connectivity index is 1.95. The van der Waals surface area contributed by atoms with Gasteiger partial charge in [-0.05, 0) is 10.8 Å². The molecule has 1 saturated carbocycles. The normalized spacial score (nSPS) is 22.2. The van der Waals surface area contributed by atoms with E-state index in [1.165, 1.54) is 10.7 Å². The van der Waals surface area contributed by atoms with Gasteiger partial charge in [-0.25, -0.2) is 4.98 Å². The van der Waals surface area contributed by atoms with Gasteiger partial charge in [0, 0.05) is 23.4 Å². The Bertz CT molecular complexity index is 424. The molecule has 2 rings (SSSR count). The molecule has 0 aliphatic heterocycles. The van der Waals surface area contributed by atoms with E-state index >= 15 is 0 Å². The Kier molecular flexibility index (Phi) is 3.14. The second kappa shape index (κ2) is 4.04. The molecule has 1 heterocycles. The van der Waals surface area contributed by atoms with E-state index in [9.17, 15) is 0 Å². The molecule has 0 spiro atoms. The van der Waals surface area contributed by atoms with Crippen LogP contribution >= 0.6 is 11.3 Å². The minimum atomic E-state index is 0.168. The van der Waals surface area contributed by atoms with Crippen molar-refractivity contribution in [1.82, 2.24) is 10.3 Å². The molecule has 102 valence electrons. The number of nitrogens with zero attached hydrogens (tertiary/aromatic N) is 1. The van der Waals surface area contributed by atoms with Gasteiger partial charge in [-0.3, -0.25) is 0 Å². The van der Waals surface area contributed by atoms with Crippen LogP contribution in [0.2, 0.25) is 0 Å². The smallest absolute Gasteiger partial charge is 0.0982 e. The summed E-state index contributed by atoms with van der Waals surface area (Å²) in [5, 5.41) is 7.08. The maximum Gasteiger partial charge on any atom is 0.0982 e. The van der Waals surface area contributed by atoms with Gasteiger partial charge in [0.25, 0.3) is 0 Å². The van der Waals surface area contributed by atoms with Gasteiger partial charge in [0.2, 0.25) is 0 Å². The van der Waals surface area contributed by atoms with E-state index in [1.54, 1.807) is 11.3 Å². The summed E-state index contributed by atoms with van der Waals surface area (Å²) >= 11 is 1.78. The first kappa shape index (κ1) is 14.0. The van der Waals surface area contributed by atoms with Crippen LogP contribution in [0.3, 0.4) is 0 Å². The van der Waals surface area contributed by atoms with Crippen molar-refractivity contribution in [2.75, 3.05) is 0 Å². The van der Waals surface area contributed by atoms with Crippen molar-refractivity contribution in [3.63, 3.8) is 0 Å². The molecule has 0 atom stereocenters. The lowest BCUT2D eigenvalue weighted by Crippen LogP contribution is -2.22. The van der Waals surface area contributed by atoms with Crippen LogP contribution in [0.4, 0.5) is 0 Å². The van der Waals surface area contributed by atoms with Crippen molar-refractivity contribution in [3.8, 4) is 0 Å². The summed E-state index contributed by atoms with van der Waals surface area (Å²) < 4.78 is 0. The third-order valence-corrected chi connectivity index (χ3v) is 6.02. The highest BCUT2D eigenvalue weighted by Gasteiger charge is 2.64. The average Bonchev–Trinajstić information content (AvgIpc) is 2.58. The first-order valence-corrected chi connectivity index (χ1v) is 7.63. The fourth-order valence-corrected chi connectivity index (χ4v) is 3.55. The Labute approximate surface area is 115 Å². The van der Waals surface area contributed by atoms with E-state index in [2.05, 4.69) is 59.2 Å². The lowest BCUT2D eigenvalue weighted by Gasteiger charge is -2.13. The molecule has 1 aliphatic carbocycles. The number of hydrogen-bond donors (Lipinski definition) is 1. The van der Waals surface area contributed by atoms with Gasteiger partial charge in [-0.2, -0.15) is 0 Å². The van der Waals surface area contributed by atoms with Crippen LogP contribution < -0.4 is 5.32 Å². The van der Waals surface area contributed by atoms with Crippen molar-refractivity contribution in [2.45, 2.75) is 66.5 Å². The van der Waals surface area contributed by atoms with Gasteiger partial charge in [0.1, 0.15) is 0 Å². The van der Waals surface area contributed by atoms with Crippen molar-refractivity contribution in [3.05, 3.63) is 16.1 Å². The van der Waals surface area contributed by atoms with Crippen LogP contribution in [0.1, 0.15) is 59.2 Å². The van der Waals surface area contributed by atoms with Gasteiger partial charge < -0.3 is 5.32 Å². The Hall–Kier alpha value is -0.410. The van der Waals surface area contributed by atoms with Crippen LogP contribution in [0.5, 0.6) is 0 Å². The van der Waals surface area contributed by atoms with Crippen LogP contribution in [0.25, 0.3) is 0 Å². The standard InChI is InChI=1S/C15H26N2S/c1-13(2,3)12-17-10(9-18-12)8-16-11-14(4,5)15(11,6)7/h9,11,16H,8H2,1-7H3. The van der Waals surface area contributed by atoms with E-state index in [1.807, 2.05) is 0 Å². The molecule has 0 bridgehead atoms. The number of hydrogen-bond acceptors (Lipinski definition) is 3. The summed E-state index contributed by atoms with van der Waals surface area (Å²) in [6.45, 7) is 16.9. The molecule has 2 nitrogen and oxygen atoms in total. The van der Waals surface area contributed by atoms with Crippen molar-refractivity contribution in [2.24, 2.45) is 10.8 Å². The topological polar surface area (TPSA) is 24.9 Å². The molecular weight excluding hydrogens is 240 g/mol. The summed E-state index contributed by atoms with van der Waals surface area (Å²) in [5.41, 5.74) is 2.15. The number of thiazole rings is 1. The molecule has 1 N–H and O–H groups in total. The molecule has 1 aromatic heterocycles. The summed E-state index contributed by atoms with van der Waals surface area (Å²) in [6.07, 6.45) is 0. The van der Waals surface area contributed by atoms with E-state index < -0.39 is 0 Å². The van der Waals surface area contributed by atoms with Gasteiger partial charge in [-0.1, -0.05) is 48.5 Å². The zero-order valence-corrected chi connectivity index (χ0v) is 13.5. The van der Waals surface area contributed by atoms with Gasteiger partial charge in [0.05, 0.1) is 10.7 Å². The fourth-order valence-electron chi connectivity index (χ4n) is 2.65. The predicted octanol–water partition coefficient (Wildman–Crippen LogP) is 3.96. The van der Waals surface area contributed by atoms with Gasteiger partial charge in [-0.15, -0.1) is 11.3 Å². The van der Waals surface area contributed by atoms with Crippen LogP contribution in [0, 0.1) is 10.8 Å². The molecule has 18 heavy (non-hydrogen) atoms. The summed E-state index contributed by atoms with van der Waals surface area (Å²) in [4.78, 5) is 4.73. The number of rotatable bonds is 3. The molecule has 1 aliphatic rings. The summed E-state index contributed by atoms with van der Waals surface area (Å²) in [6, 6.07) is 0.602. The summed E-state index contributed by atoms with van der Waals surface area (Å²) in [5.74, 6) is 0. The molecule has 1 fully saturated rings. The highest BCUT2D eigenvalue weighted by molar-refractivity contribution is 7.09. The largest absolute Gasteiger partial charge is 0.307 e.